The first-order valence-corrected chi connectivity index (χ1v) is 8.76. The Balaban J connectivity index is 1.96. The van der Waals surface area contributed by atoms with Crippen molar-refractivity contribution in [3.63, 3.8) is 0 Å². The van der Waals surface area contributed by atoms with E-state index in [-0.39, 0.29) is 16.8 Å². The molecule has 0 saturated heterocycles. The Kier molecular flexibility index (Phi) is 3.93. The lowest BCUT2D eigenvalue weighted by molar-refractivity contribution is 0.384. The predicted octanol–water partition coefficient (Wildman–Crippen LogP) is 3.32. The average molecular weight is 332 g/mol. The third-order valence-electron chi connectivity index (χ3n) is 3.83. The van der Waals surface area contributed by atoms with Crippen molar-refractivity contribution in [1.82, 2.24) is 4.41 Å². The Hall–Kier alpha value is -2.21. The van der Waals surface area contributed by atoms with Crippen LogP contribution in [0.15, 0.2) is 58.5 Å². The molecule has 1 atom stereocenters. The molecule has 0 aliphatic carbocycles. The van der Waals surface area contributed by atoms with E-state index in [0.29, 0.717) is 12.1 Å². The Morgan fingerprint density at radius 2 is 1.70 bits per heavy atom. The van der Waals surface area contributed by atoms with Gasteiger partial charge in [0.1, 0.15) is 5.82 Å². The van der Waals surface area contributed by atoms with Gasteiger partial charge in [0, 0.05) is 6.42 Å². The number of hydrazone groups is 1. The van der Waals surface area contributed by atoms with E-state index in [9.17, 15) is 12.8 Å². The number of halogens is 1. The van der Waals surface area contributed by atoms with Crippen molar-refractivity contribution < 1.29 is 12.8 Å². The smallest absolute Gasteiger partial charge is 0.207 e. The zero-order valence-corrected chi connectivity index (χ0v) is 13.7. The molecule has 0 bridgehead atoms. The number of benzene rings is 2. The highest BCUT2D eigenvalue weighted by Crippen LogP contribution is 2.27. The molecule has 1 unspecified atom stereocenters. The normalized spacial score (nSPS) is 18.1. The molecule has 0 aromatic heterocycles. The lowest BCUT2D eigenvalue weighted by atomic mass is 10.1. The van der Waals surface area contributed by atoms with Gasteiger partial charge in [0.05, 0.1) is 16.6 Å². The van der Waals surface area contributed by atoms with Crippen LogP contribution in [0.2, 0.25) is 0 Å². The molecule has 0 fully saturated rings. The van der Waals surface area contributed by atoms with Gasteiger partial charge >= 0.3 is 0 Å². The molecule has 0 saturated carbocycles. The quantitative estimate of drug-likeness (QED) is 0.866. The number of hydrogen-bond donors (Lipinski definition) is 0. The lowest BCUT2D eigenvalue weighted by Gasteiger charge is -2.19. The molecule has 0 N–H and O–H groups in total. The largest absolute Gasteiger partial charge is 0.279 e. The van der Waals surface area contributed by atoms with Crippen molar-refractivity contribution in [3.05, 3.63) is 65.5 Å². The number of sulfonamides is 1. The molecule has 0 amide bonds. The Labute approximate surface area is 135 Å². The van der Waals surface area contributed by atoms with Crippen LogP contribution in [0.5, 0.6) is 0 Å². The van der Waals surface area contributed by atoms with Gasteiger partial charge in [-0.3, -0.25) is 0 Å². The lowest BCUT2D eigenvalue weighted by Crippen LogP contribution is -2.30. The van der Waals surface area contributed by atoms with Gasteiger partial charge in [-0.15, -0.1) is 0 Å². The highest BCUT2D eigenvalue weighted by molar-refractivity contribution is 7.89. The fourth-order valence-electron chi connectivity index (χ4n) is 2.54. The number of hydrogen-bond acceptors (Lipinski definition) is 3. The minimum absolute atomic E-state index is 0.221. The van der Waals surface area contributed by atoms with Crippen molar-refractivity contribution in [1.29, 1.82) is 0 Å². The minimum atomic E-state index is -3.68. The predicted molar refractivity (Wildman–Crippen MR) is 87.2 cm³/mol. The molecule has 0 spiro atoms. The van der Waals surface area contributed by atoms with E-state index in [1.807, 2.05) is 13.8 Å². The molecule has 120 valence electrons. The van der Waals surface area contributed by atoms with Crippen molar-refractivity contribution >= 4 is 15.7 Å². The summed E-state index contributed by atoms with van der Waals surface area (Å²) in [5, 5.41) is 4.28. The molecule has 4 nitrogen and oxygen atoms in total. The molecule has 1 aliphatic heterocycles. The molecule has 2 aromatic carbocycles. The van der Waals surface area contributed by atoms with Crippen molar-refractivity contribution in [2.75, 3.05) is 0 Å². The zero-order chi connectivity index (χ0) is 16.6. The van der Waals surface area contributed by atoms with Crippen LogP contribution >= 0.6 is 0 Å². The van der Waals surface area contributed by atoms with E-state index in [1.54, 1.807) is 36.4 Å². The van der Waals surface area contributed by atoms with E-state index < -0.39 is 10.0 Å². The monoisotopic (exact) mass is 332 g/mol. The van der Waals surface area contributed by atoms with Crippen LogP contribution in [0.1, 0.15) is 24.5 Å². The third-order valence-corrected chi connectivity index (χ3v) is 5.63. The van der Waals surface area contributed by atoms with Crippen molar-refractivity contribution in [2.24, 2.45) is 5.10 Å². The molecule has 1 heterocycles. The summed E-state index contributed by atoms with van der Waals surface area (Å²) in [5.41, 5.74) is 2.38. The fourth-order valence-corrected chi connectivity index (χ4v) is 3.99. The molecule has 3 rings (SSSR count). The van der Waals surface area contributed by atoms with Crippen molar-refractivity contribution in [3.8, 4) is 0 Å². The Morgan fingerprint density at radius 1 is 1.09 bits per heavy atom. The maximum atomic E-state index is 13.0. The molecule has 6 heteroatoms. The Morgan fingerprint density at radius 3 is 2.30 bits per heavy atom. The van der Waals surface area contributed by atoms with Crippen LogP contribution in [-0.4, -0.2) is 24.6 Å². The van der Waals surface area contributed by atoms with E-state index in [0.717, 1.165) is 15.5 Å². The van der Waals surface area contributed by atoms with Crippen LogP contribution in [0.4, 0.5) is 4.39 Å². The van der Waals surface area contributed by atoms with Crippen LogP contribution in [0.25, 0.3) is 0 Å². The van der Waals surface area contributed by atoms with Gasteiger partial charge in [-0.2, -0.15) is 17.9 Å². The van der Waals surface area contributed by atoms with Gasteiger partial charge in [-0.25, -0.2) is 4.39 Å². The van der Waals surface area contributed by atoms with E-state index in [2.05, 4.69) is 5.10 Å². The van der Waals surface area contributed by atoms with Gasteiger partial charge in [-0.05, 0) is 43.7 Å². The van der Waals surface area contributed by atoms with Crippen LogP contribution in [0, 0.1) is 12.7 Å². The maximum Gasteiger partial charge on any atom is 0.279 e. The summed E-state index contributed by atoms with van der Waals surface area (Å²) in [5.74, 6) is -0.329. The summed E-state index contributed by atoms with van der Waals surface area (Å²) in [6.07, 6.45) is 0.497. The first-order valence-electron chi connectivity index (χ1n) is 7.32. The minimum Gasteiger partial charge on any atom is -0.207 e. The molecular weight excluding hydrogens is 315 g/mol. The molecular formula is C17H17FN2O2S. The first kappa shape index (κ1) is 15.7. The van der Waals surface area contributed by atoms with E-state index >= 15 is 0 Å². The Bertz CT molecular complexity index is 843. The zero-order valence-electron chi connectivity index (χ0n) is 12.9. The number of nitrogens with zero attached hydrogens (tertiary/aromatic N) is 2. The average Bonchev–Trinajstić information content (AvgIpc) is 2.91. The highest BCUT2D eigenvalue weighted by atomic mass is 32.2. The molecule has 2 aromatic rings. The summed E-state index contributed by atoms with van der Waals surface area (Å²) in [7, 11) is -3.68. The maximum absolute atomic E-state index is 13.0. The SMILES string of the molecule is Cc1ccc(S(=O)(=O)N2N=C(c3ccc(F)cc3)CC2C)cc1. The third kappa shape index (κ3) is 2.99. The summed E-state index contributed by atoms with van der Waals surface area (Å²) < 4.78 is 39.7. The van der Waals surface area contributed by atoms with Gasteiger partial charge in [0.15, 0.2) is 0 Å². The van der Waals surface area contributed by atoms with E-state index in [1.165, 1.54) is 12.1 Å². The second kappa shape index (κ2) is 5.77. The molecule has 23 heavy (non-hydrogen) atoms. The highest BCUT2D eigenvalue weighted by Gasteiger charge is 2.33. The van der Waals surface area contributed by atoms with Gasteiger partial charge in [0.25, 0.3) is 10.0 Å². The second-order valence-corrected chi connectivity index (χ2v) is 7.49. The van der Waals surface area contributed by atoms with Crippen LogP contribution < -0.4 is 0 Å². The molecule has 1 aliphatic rings. The summed E-state index contributed by atoms with van der Waals surface area (Å²) in [4.78, 5) is 0.221. The topological polar surface area (TPSA) is 49.7 Å². The fraction of sp³-hybridized carbons (Fsp3) is 0.235. The number of aryl methyl sites for hydroxylation is 1. The first-order chi connectivity index (χ1) is 10.9. The van der Waals surface area contributed by atoms with Gasteiger partial charge < -0.3 is 0 Å². The summed E-state index contributed by atoms with van der Waals surface area (Å²) in [6.45, 7) is 3.71. The van der Waals surface area contributed by atoms with Crippen LogP contribution in [-0.2, 0) is 10.0 Å². The van der Waals surface area contributed by atoms with E-state index in [4.69, 9.17) is 0 Å². The number of rotatable bonds is 3. The van der Waals surface area contributed by atoms with Gasteiger partial charge in [-0.1, -0.05) is 29.8 Å². The summed E-state index contributed by atoms with van der Waals surface area (Å²) >= 11 is 0. The van der Waals surface area contributed by atoms with Crippen LogP contribution in [0.3, 0.4) is 0 Å². The standard InChI is InChI=1S/C17H17FN2O2S/c1-12-3-9-16(10-4-12)23(21,22)20-13(2)11-17(19-20)14-5-7-15(18)8-6-14/h3-10,13H,11H2,1-2H3. The second-order valence-electron chi connectivity index (χ2n) is 5.70. The van der Waals surface area contributed by atoms with Gasteiger partial charge in [0.2, 0.25) is 0 Å². The van der Waals surface area contributed by atoms with Crippen molar-refractivity contribution in [2.45, 2.75) is 31.2 Å². The molecule has 0 radical (unpaired) electrons. The summed E-state index contributed by atoms with van der Waals surface area (Å²) in [6, 6.07) is 12.3.